The maximum atomic E-state index is 12.7. The molecule has 4 nitrogen and oxygen atoms in total. The van der Waals surface area contributed by atoms with Crippen LogP contribution in [0.25, 0.3) is 10.2 Å². The number of fused-ring (bicyclic) bond motifs is 1. The minimum absolute atomic E-state index is 0.0118. The van der Waals surface area contributed by atoms with Gasteiger partial charge < -0.3 is 10.6 Å². The standard InChI is InChI=1S/C14H16F3N3OS/c1-7(2)11(12(21)18-3)20-13-19-9-6-8(14(15,16)17)4-5-10(9)22-13/h4-7,11H,1-3H3,(H,18,21)(H,19,20). The number of nitrogens with one attached hydrogen (secondary N) is 2. The smallest absolute Gasteiger partial charge is 0.357 e. The minimum atomic E-state index is -4.39. The molecule has 0 radical (unpaired) electrons. The highest BCUT2D eigenvalue weighted by Gasteiger charge is 2.31. The summed E-state index contributed by atoms with van der Waals surface area (Å²) < 4.78 is 38.7. The first-order chi connectivity index (χ1) is 10.2. The van der Waals surface area contributed by atoms with Gasteiger partial charge in [0, 0.05) is 7.05 Å². The summed E-state index contributed by atoms with van der Waals surface area (Å²) in [6, 6.07) is 2.95. The molecule has 0 saturated heterocycles. The van der Waals surface area contributed by atoms with Crippen LogP contribution in [0.2, 0.25) is 0 Å². The van der Waals surface area contributed by atoms with E-state index in [0.29, 0.717) is 9.83 Å². The molecule has 0 spiro atoms. The van der Waals surface area contributed by atoms with Crippen molar-refractivity contribution in [1.82, 2.24) is 10.3 Å². The van der Waals surface area contributed by atoms with E-state index in [0.717, 1.165) is 12.1 Å². The Hall–Kier alpha value is -1.83. The number of thiazole rings is 1. The second kappa shape index (κ2) is 6.12. The quantitative estimate of drug-likeness (QED) is 0.901. The fourth-order valence-corrected chi connectivity index (χ4v) is 2.87. The first-order valence-electron chi connectivity index (χ1n) is 6.68. The van der Waals surface area contributed by atoms with Crippen molar-refractivity contribution in [2.45, 2.75) is 26.1 Å². The van der Waals surface area contributed by atoms with Crippen LogP contribution in [0.4, 0.5) is 18.3 Å². The molecule has 1 heterocycles. The van der Waals surface area contributed by atoms with Crippen molar-refractivity contribution in [3.63, 3.8) is 0 Å². The first kappa shape index (κ1) is 16.5. The Morgan fingerprint density at radius 2 is 2.00 bits per heavy atom. The molecule has 1 atom stereocenters. The number of benzene rings is 1. The lowest BCUT2D eigenvalue weighted by Crippen LogP contribution is -2.41. The van der Waals surface area contributed by atoms with Crippen LogP contribution >= 0.6 is 11.3 Å². The number of likely N-dealkylation sites (N-methyl/N-ethyl adjacent to an activating group) is 1. The summed E-state index contributed by atoms with van der Waals surface area (Å²) in [6.45, 7) is 3.75. The van der Waals surface area contributed by atoms with Gasteiger partial charge in [-0.05, 0) is 24.1 Å². The molecular formula is C14H16F3N3OS. The molecule has 2 aromatic rings. The number of halogens is 3. The van der Waals surface area contributed by atoms with Crippen LogP contribution in [0.15, 0.2) is 18.2 Å². The summed E-state index contributed by atoms with van der Waals surface area (Å²) in [5, 5.41) is 5.97. The fourth-order valence-electron chi connectivity index (χ4n) is 1.99. The van der Waals surface area contributed by atoms with E-state index in [1.54, 1.807) is 0 Å². The van der Waals surface area contributed by atoms with Gasteiger partial charge in [0.25, 0.3) is 0 Å². The van der Waals surface area contributed by atoms with Crippen LogP contribution in [-0.4, -0.2) is 24.0 Å². The van der Waals surface area contributed by atoms with Crippen molar-refractivity contribution in [3.05, 3.63) is 23.8 Å². The van der Waals surface area contributed by atoms with Crippen LogP contribution in [0.3, 0.4) is 0 Å². The molecule has 2 N–H and O–H groups in total. The molecule has 0 bridgehead atoms. The van der Waals surface area contributed by atoms with Gasteiger partial charge in [0.1, 0.15) is 6.04 Å². The van der Waals surface area contributed by atoms with E-state index in [-0.39, 0.29) is 17.3 Å². The second-order valence-electron chi connectivity index (χ2n) is 5.18. The fraction of sp³-hybridized carbons (Fsp3) is 0.429. The van der Waals surface area contributed by atoms with Gasteiger partial charge in [-0.25, -0.2) is 4.98 Å². The van der Waals surface area contributed by atoms with Crippen LogP contribution < -0.4 is 10.6 Å². The van der Waals surface area contributed by atoms with E-state index >= 15 is 0 Å². The zero-order valence-corrected chi connectivity index (χ0v) is 13.1. The number of carbonyl (C=O) groups is 1. The molecule has 0 aliphatic rings. The summed E-state index contributed by atoms with van der Waals surface area (Å²) in [6.07, 6.45) is -4.39. The number of aromatic nitrogens is 1. The zero-order valence-electron chi connectivity index (χ0n) is 12.3. The van der Waals surface area contributed by atoms with Gasteiger partial charge in [0.05, 0.1) is 15.8 Å². The maximum Gasteiger partial charge on any atom is 0.416 e. The Kier molecular flexibility index (Phi) is 4.60. The summed E-state index contributed by atoms with van der Waals surface area (Å²) >= 11 is 1.22. The average molecular weight is 331 g/mol. The minimum Gasteiger partial charge on any atom is -0.357 e. The van der Waals surface area contributed by atoms with Crippen molar-refractivity contribution in [1.29, 1.82) is 0 Å². The van der Waals surface area contributed by atoms with Gasteiger partial charge in [0.15, 0.2) is 5.13 Å². The van der Waals surface area contributed by atoms with Crippen LogP contribution in [-0.2, 0) is 11.0 Å². The molecule has 1 amide bonds. The third kappa shape index (κ3) is 3.49. The van der Waals surface area contributed by atoms with E-state index in [4.69, 9.17) is 0 Å². The van der Waals surface area contributed by atoms with Crippen molar-refractivity contribution in [2.75, 3.05) is 12.4 Å². The summed E-state index contributed by atoms with van der Waals surface area (Å²) in [5.74, 6) is -0.178. The lowest BCUT2D eigenvalue weighted by Gasteiger charge is -2.19. The number of alkyl halides is 3. The van der Waals surface area contributed by atoms with Crippen molar-refractivity contribution in [3.8, 4) is 0 Å². The molecule has 8 heteroatoms. The summed E-state index contributed by atoms with van der Waals surface area (Å²) in [7, 11) is 1.54. The number of nitrogens with zero attached hydrogens (tertiary/aromatic N) is 1. The van der Waals surface area contributed by atoms with Gasteiger partial charge >= 0.3 is 6.18 Å². The van der Waals surface area contributed by atoms with Crippen molar-refractivity contribution < 1.29 is 18.0 Å². The second-order valence-corrected chi connectivity index (χ2v) is 6.21. The number of amides is 1. The molecule has 1 unspecified atom stereocenters. The average Bonchev–Trinajstić information content (AvgIpc) is 2.84. The highest BCUT2D eigenvalue weighted by molar-refractivity contribution is 7.22. The summed E-state index contributed by atoms with van der Waals surface area (Å²) in [4.78, 5) is 16.0. The molecule has 1 aromatic heterocycles. The highest BCUT2D eigenvalue weighted by atomic mass is 32.1. The molecule has 0 saturated carbocycles. The number of hydrogen-bond donors (Lipinski definition) is 2. The third-order valence-corrected chi connectivity index (χ3v) is 4.16. The normalized spacial score (nSPS) is 13.4. The molecular weight excluding hydrogens is 315 g/mol. The first-order valence-corrected chi connectivity index (χ1v) is 7.50. The topological polar surface area (TPSA) is 54.0 Å². The largest absolute Gasteiger partial charge is 0.416 e. The Morgan fingerprint density at radius 1 is 1.32 bits per heavy atom. The van der Waals surface area contributed by atoms with Crippen molar-refractivity contribution >= 4 is 32.6 Å². The molecule has 22 heavy (non-hydrogen) atoms. The SMILES string of the molecule is CNC(=O)C(Nc1nc2cc(C(F)(F)F)ccc2s1)C(C)C. The van der Waals surface area contributed by atoms with Crippen LogP contribution in [0, 0.1) is 5.92 Å². The molecule has 0 aliphatic carbocycles. The summed E-state index contributed by atoms with van der Waals surface area (Å²) in [5.41, 5.74) is -0.467. The van der Waals surface area contributed by atoms with E-state index < -0.39 is 17.8 Å². The number of carbonyl (C=O) groups excluding carboxylic acids is 1. The lowest BCUT2D eigenvalue weighted by molar-refractivity contribution is -0.137. The van der Waals surface area contributed by atoms with Gasteiger partial charge in [0.2, 0.25) is 5.91 Å². The number of anilines is 1. The number of hydrogen-bond acceptors (Lipinski definition) is 4. The number of rotatable bonds is 4. The van der Waals surface area contributed by atoms with Gasteiger partial charge in [-0.1, -0.05) is 25.2 Å². The Bertz CT molecular complexity index is 682. The Balaban J connectivity index is 2.31. The molecule has 0 aliphatic heterocycles. The van der Waals surface area contributed by atoms with Crippen LogP contribution in [0.1, 0.15) is 19.4 Å². The van der Waals surface area contributed by atoms with E-state index in [9.17, 15) is 18.0 Å². The Labute approximate surface area is 129 Å². The lowest BCUT2D eigenvalue weighted by atomic mass is 10.0. The van der Waals surface area contributed by atoms with Gasteiger partial charge in [-0.3, -0.25) is 4.79 Å². The predicted octanol–water partition coefficient (Wildman–Crippen LogP) is 3.50. The maximum absolute atomic E-state index is 12.7. The van der Waals surface area contributed by atoms with Gasteiger partial charge in [-0.2, -0.15) is 13.2 Å². The van der Waals surface area contributed by atoms with Crippen LogP contribution in [0.5, 0.6) is 0 Å². The third-order valence-electron chi connectivity index (χ3n) is 3.19. The Morgan fingerprint density at radius 3 is 2.55 bits per heavy atom. The van der Waals surface area contributed by atoms with Gasteiger partial charge in [-0.15, -0.1) is 0 Å². The zero-order chi connectivity index (χ0) is 16.5. The highest BCUT2D eigenvalue weighted by Crippen LogP contribution is 2.34. The molecule has 120 valence electrons. The van der Waals surface area contributed by atoms with E-state index in [2.05, 4.69) is 15.6 Å². The predicted molar refractivity (Wildman–Crippen MR) is 80.9 cm³/mol. The van der Waals surface area contributed by atoms with E-state index in [1.165, 1.54) is 24.5 Å². The van der Waals surface area contributed by atoms with E-state index in [1.807, 2.05) is 13.8 Å². The monoisotopic (exact) mass is 331 g/mol. The molecule has 2 rings (SSSR count). The molecule has 1 aromatic carbocycles. The molecule has 0 fully saturated rings. The van der Waals surface area contributed by atoms with Crippen molar-refractivity contribution in [2.24, 2.45) is 5.92 Å².